The highest BCUT2D eigenvalue weighted by molar-refractivity contribution is 9.10. The molecule has 5 aromatic rings. The Bertz CT molecular complexity index is 1530. The molecule has 5 rings (SSSR count). The minimum atomic E-state index is -0.144. The smallest absolute Gasteiger partial charge is 0.104 e. The first-order valence-corrected chi connectivity index (χ1v) is 12.6. The molecule has 2 N–H and O–H groups in total. The quantitative estimate of drug-likeness (QED) is 0.166. The Kier molecular flexibility index (Phi) is 6.83. The minimum Gasteiger partial charge on any atom is -0.359 e. The van der Waals surface area contributed by atoms with Gasteiger partial charge in [-0.1, -0.05) is 107 Å². The van der Waals surface area contributed by atoms with Gasteiger partial charge in [0.05, 0.1) is 5.70 Å². The van der Waals surface area contributed by atoms with Gasteiger partial charge in [-0.05, 0) is 63.9 Å². The Morgan fingerprint density at radius 2 is 1.26 bits per heavy atom. The van der Waals surface area contributed by atoms with Crippen molar-refractivity contribution in [2.75, 3.05) is 0 Å². The first-order valence-electron chi connectivity index (χ1n) is 11.8. The third kappa shape index (κ3) is 5.23. The predicted molar refractivity (Wildman–Crippen MR) is 152 cm³/mol. The van der Waals surface area contributed by atoms with Gasteiger partial charge < -0.3 is 5.32 Å². The number of halogens is 1. The van der Waals surface area contributed by atoms with Crippen LogP contribution in [0.1, 0.15) is 35.8 Å². The third-order valence-electron chi connectivity index (χ3n) is 6.40. The molecular formula is C32H27BrN2. The maximum atomic E-state index is 3.96. The van der Waals surface area contributed by atoms with Gasteiger partial charge in [-0.2, -0.15) is 0 Å². The van der Waals surface area contributed by atoms with Gasteiger partial charge in [0.2, 0.25) is 0 Å². The zero-order valence-corrected chi connectivity index (χ0v) is 21.2. The van der Waals surface area contributed by atoms with Crippen LogP contribution in [-0.4, -0.2) is 0 Å². The van der Waals surface area contributed by atoms with E-state index in [9.17, 15) is 0 Å². The molecule has 2 unspecified atom stereocenters. The lowest BCUT2D eigenvalue weighted by molar-refractivity contribution is 0.440. The van der Waals surface area contributed by atoms with Crippen molar-refractivity contribution in [2.45, 2.75) is 19.1 Å². The molecule has 0 saturated carbocycles. The van der Waals surface area contributed by atoms with Crippen molar-refractivity contribution in [3.63, 3.8) is 0 Å². The summed E-state index contributed by atoms with van der Waals surface area (Å²) >= 11 is 3.52. The average Bonchev–Trinajstić information content (AvgIpc) is 2.91. The van der Waals surface area contributed by atoms with Crippen LogP contribution >= 0.6 is 15.9 Å². The summed E-state index contributed by atoms with van der Waals surface area (Å²) in [5, 5.41) is 12.4. The van der Waals surface area contributed by atoms with Crippen molar-refractivity contribution in [1.29, 1.82) is 0 Å². The molecule has 0 saturated heterocycles. The number of hydrogen-bond donors (Lipinski definition) is 2. The van der Waals surface area contributed by atoms with Gasteiger partial charge in [-0.25, -0.2) is 0 Å². The van der Waals surface area contributed by atoms with E-state index in [1.165, 1.54) is 27.1 Å². The van der Waals surface area contributed by atoms with Crippen LogP contribution in [0.5, 0.6) is 0 Å². The fourth-order valence-corrected chi connectivity index (χ4v) is 4.69. The summed E-state index contributed by atoms with van der Waals surface area (Å²) in [5.41, 5.74) is 7.40. The summed E-state index contributed by atoms with van der Waals surface area (Å²) in [7, 11) is 0. The minimum absolute atomic E-state index is 0.111. The van der Waals surface area contributed by atoms with Crippen LogP contribution in [0.4, 0.5) is 0 Å². The summed E-state index contributed by atoms with van der Waals surface area (Å²) in [5.74, 6) is 0. The van der Waals surface area contributed by atoms with Gasteiger partial charge in [0.1, 0.15) is 6.17 Å². The molecule has 35 heavy (non-hydrogen) atoms. The van der Waals surface area contributed by atoms with E-state index >= 15 is 0 Å². The van der Waals surface area contributed by atoms with E-state index in [-0.39, 0.29) is 12.2 Å². The van der Waals surface area contributed by atoms with Crippen molar-refractivity contribution in [2.24, 2.45) is 0 Å². The molecule has 3 heteroatoms. The fraction of sp³-hybridized carbons (Fsp3) is 0.0938. The highest BCUT2D eigenvalue weighted by Gasteiger charge is 2.18. The lowest BCUT2D eigenvalue weighted by Gasteiger charge is -2.27. The average molecular weight is 519 g/mol. The SMILES string of the molecule is C=C=C(NC(NC(C)c1ccc2ccccc2c1)c1ccc2ccccc2c1)c1ccc(Br)cc1. The first kappa shape index (κ1) is 23.1. The maximum Gasteiger partial charge on any atom is 0.104 e. The van der Waals surface area contributed by atoms with E-state index in [2.05, 4.69) is 143 Å². The lowest BCUT2D eigenvalue weighted by atomic mass is 10.0. The molecule has 0 bridgehead atoms. The van der Waals surface area contributed by atoms with Crippen molar-refractivity contribution in [3.8, 4) is 0 Å². The van der Waals surface area contributed by atoms with Crippen molar-refractivity contribution < 1.29 is 0 Å². The lowest BCUT2D eigenvalue weighted by Crippen LogP contribution is -2.35. The molecule has 0 fully saturated rings. The third-order valence-corrected chi connectivity index (χ3v) is 6.92. The Hall–Kier alpha value is -3.62. The van der Waals surface area contributed by atoms with Crippen LogP contribution in [0.2, 0.25) is 0 Å². The van der Waals surface area contributed by atoms with Gasteiger partial charge in [0.15, 0.2) is 0 Å². The Morgan fingerprint density at radius 1 is 0.714 bits per heavy atom. The van der Waals surface area contributed by atoms with E-state index < -0.39 is 0 Å². The largest absolute Gasteiger partial charge is 0.359 e. The summed E-state index contributed by atoms with van der Waals surface area (Å²) in [6.07, 6.45) is -0.144. The predicted octanol–water partition coefficient (Wildman–Crippen LogP) is 8.52. The molecule has 172 valence electrons. The van der Waals surface area contributed by atoms with Gasteiger partial charge in [0.25, 0.3) is 0 Å². The Labute approximate surface area is 215 Å². The van der Waals surface area contributed by atoms with Crippen LogP contribution in [0.3, 0.4) is 0 Å². The summed E-state index contributed by atoms with van der Waals surface area (Å²) < 4.78 is 1.04. The number of benzene rings is 5. The molecule has 0 aromatic heterocycles. The molecular weight excluding hydrogens is 492 g/mol. The molecule has 0 aliphatic carbocycles. The van der Waals surface area contributed by atoms with E-state index in [4.69, 9.17) is 0 Å². The highest BCUT2D eigenvalue weighted by Crippen LogP contribution is 2.26. The van der Waals surface area contributed by atoms with Crippen LogP contribution in [0, 0.1) is 0 Å². The number of rotatable bonds is 7. The molecule has 0 aliphatic heterocycles. The summed E-state index contributed by atoms with van der Waals surface area (Å²) in [4.78, 5) is 0. The molecule has 0 aliphatic rings. The maximum absolute atomic E-state index is 3.96. The summed E-state index contributed by atoms with van der Waals surface area (Å²) in [6, 6.07) is 38.5. The summed E-state index contributed by atoms with van der Waals surface area (Å²) in [6.45, 7) is 6.17. The van der Waals surface area contributed by atoms with Gasteiger partial charge in [0, 0.05) is 16.1 Å². The van der Waals surface area contributed by atoms with Crippen molar-refractivity contribution in [1.82, 2.24) is 10.6 Å². The van der Waals surface area contributed by atoms with E-state index in [1.54, 1.807) is 0 Å². The molecule has 0 heterocycles. The number of hydrogen-bond acceptors (Lipinski definition) is 2. The van der Waals surface area contributed by atoms with Gasteiger partial charge >= 0.3 is 0 Å². The van der Waals surface area contributed by atoms with E-state index in [1.807, 2.05) is 12.1 Å². The number of fused-ring (bicyclic) bond motifs is 2. The number of nitrogens with one attached hydrogen (secondary N) is 2. The second kappa shape index (κ2) is 10.3. The monoisotopic (exact) mass is 518 g/mol. The van der Waals surface area contributed by atoms with Crippen LogP contribution < -0.4 is 10.6 Å². The first-order chi connectivity index (χ1) is 17.1. The normalized spacial score (nSPS) is 12.7. The molecule has 2 nitrogen and oxygen atoms in total. The topological polar surface area (TPSA) is 24.1 Å². The van der Waals surface area contributed by atoms with Crippen molar-refractivity contribution >= 4 is 43.2 Å². The van der Waals surface area contributed by atoms with Gasteiger partial charge in [-0.3, -0.25) is 5.32 Å². The fourth-order valence-electron chi connectivity index (χ4n) is 4.43. The van der Waals surface area contributed by atoms with Crippen molar-refractivity contribution in [3.05, 3.63) is 143 Å². The van der Waals surface area contributed by atoms with Gasteiger partial charge in [-0.15, -0.1) is 5.73 Å². The second-order valence-corrected chi connectivity index (χ2v) is 9.65. The molecule has 0 radical (unpaired) electrons. The molecule has 0 amide bonds. The van der Waals surface area contributed by atoms with E-state index in [0.29, 0.717) is 0 Å². The van der Waals surface area contributed by atoms with Crippen LogP contribution in [-0.2, 0) is 0 Å². The molecule has 5 aromatic carbocycles. The Morgan fingerprint density at radius 3 is 1.86 bits per heavy atom. The second-order valence-electron chi connectivity index (χ2n) is 8.74. The standard InChI is InChI=1S/C32H27BrN2/c1-3-31(25-16-18-30(33)19-17-25)35-32(29-15-13-24-9-5-7-11-28(24)21-29)34-22(2)26-14-12-23-8-4-6-10-27(23)20-26/h4-22,32,34-35H,1H2,2H3. The highest BCUT2D eigenvalue weighted by atomic mass is 79.9. The van der Waals surface area contributed by atoms with Crippen LogP contribution in [0.15, 0.2) is 126 Å². The zero-order valence-electron chi connectivity index (χ0n) is 19.6. The Balaban J connectivity index is 1.49. The molecule has 2 atom stereocenters. The van der Waals surface area contributed by atoms with E-state index in [0.717, 1.165) is 21.3 Å². The zero-order chi connectivity index (χ0) is 24.2. The van der Waals surface area contributed by atoms with Crippen LogP contribution in [0.25, 0.3) is 27.2 Å². The molecule has 0 spiro atoms.